The second-order valence-corrected chi connectivity index (χ2v) is 4.00. The van der Waals surface area contributed by atoms with E-state index in [2.05, 4.69) is 15.2 Å². The van der Waals surface area contributed by atoms with Gasteiger partial charge in [-0.2, -0.15) is 0 Å². The van der Waals surface area contributed by atoms with Gasteiger partial charge in [0, 0.05) is 23.7 Å². The van der Waals surface area contributed by atoms with Crippen molar-refractivity contribution in [2.75, 3.05) is 0 Å². The van der Waals surface area contributed by atoms with Gasteiger partial charge in [-0.15, -0.1) is 10.2 Å². The first-order chi connectivity index (χ1) is 9.74. The van der Waals surface area contributed by atoms with E-state index in [-0.39, 0.29) is 11.8 Å². The fraction of sp³-hybridized carbons (Fsp3) is 0. The third-order valence-electron chi connectivity index (χ3n) is 2.69. The molecule has 0 radical (unpaired) electrons. The molecule has 3 aromatic rings. The van der Waals surface area contributed by atoms with E-state index in [0.29, 0.717) is 5.69 Å². The Kier molecular flexibility index (Phi) is 2.96. The molecule has 20 heavy (non-hydrogen) atoms. The molecule has 3 rings (SSSR count). The van der Waals surface area contributed by atoms with E-state index in [9.17, 15) is 4.79 Å². The highest BCUT2D eigenvalue weighted by Gasteiger charge is 2.11. The Balaban J connectivity index is 2.06. The fourth-order valence-corrected chi connectivity index (χ4v) is 1.83. The van der Waals surface area contributed by atoms with Crippen molar-refractivity contribution in [1.82, 2.24) is 15.2 Å². The van der Waals surface area contributed by atoms with Crippen molar-refractivity contribution >= 4 is 22.8 Å². The van der Waals surface area contributed by atoms with Crippen LogP contribution < -0.4 is 0 Å². The number of carboxylic acid groups (broad SMARTS) is 1. The second kappa shape index (κ2) is 4.93. The quantitative estimate of drug-likeness (QED) is 0.733. The maximum absolute atomic E-state index is 10.4. The summed E-state index contributed by atoms with van der Waals surface area (Å²) in [6, 6.07) is 9.59. The lowest BCUT2D eigenvalue weighted by Gasteiger charge is -2.00. The monoisotopic (exact) mass is 267 g/mol. The van der Waals surface area contributed by atoms with Gasteiger partial charge in [-0.3, -0.25) is 4.98 Å². The van der Waals surface area contributed by atoms with Crippen LogP contribution in [0.5, 0.6) is 0 Å². The molecule has 0 saturated carbocycles. The number of aliphatic carboxylic acids is 1. The van der Waals surface area contributed by atoms with Gasteiger partial charge in [-0.25, -0.2) is 4.79 Å². The molecule has 6 heteroatoms. The highest BCUT2D eigenvalue weighted by molar-refractivity contribution is 5.92. The predicted octanol–water partition coefficient (Wildman–Crippen LogP) is 2.38. The number of hydrogen-bond acceptors (Lipinski definition) is 5. The Labute approximate surface area is 113 Å². The molecule has 98 valence electrons. The van der Waals surface area contributed by atoms with E-state index in [1.54, 1.807) is 6.20 Å². The molecule has 0 unspecified atom stereocenters. The van der Waals surface area contributed by atoms with Crippen molar-refractivity contribution in [3.05, 3.63) is 48.5 Å². The van der Waals surface area contributed by atoms with Crippen LogP contribution in [0.3, 0.4) is 0 Å². The topological polar surface area (TPSA) is 89.1 Å². The molecule has 0 spiro atoms. The molecule has 2 heterocycles. The summed E-state index contributed by atoms with van der Waals surface area (Å²) in [7, 11) is 0. The van der Waals surface area contributed by atoms with E-state index in [1.807, 2.05) is 30.3 Å². The van der Waals surface area contributed by atoms with Gasteiger partial charge in [0.25, 0.3) is 5.89 Å². The van der Waals surface area contributed by atoms with E-state index < -0.39 is 5.97 Å². The Morgan fingerprint density at radius 3 is 2.90 bits per heavy atom. The van der Waals surface area contributed by atoms with Gasteiger partial charge in [0.2, 0.25) is 5.89 Å². The van der Waals surface area contributed by atoms with Crippen molar-refractivity contribution in [1.29, 1.82) is 0 Å². The fourth-order valence-electron chi connectivity index (χ4n) is 1.83. The molecule has 0 bridgehead atoms. The van der Waals surface area contributed by atoms with Gasteiger partial charge in [0.05, 0.1) is 0 Å². The molecule has 0 aliphatic rings. The zero-order valence-electron chi connectivity index (χ0n) is 10.2. The minimum absolute atomic E-state index is 0.122. The van der Waals surface area contributed by atoms with Gasteiger partial charge in [0.15, 0.2) is 0 Å². The molecule has 1 aromatic carbocycles. The minimum atomic E-state index is -1.08. The highest BCUT2D eigenvalue weighted by Crippen LogP contribution is 2.25. The number of benzene rings is 1. The highest BCUT2D eigenvalue weighted by atomic mass is 16.4. The standard InChI is InChI=1S/C14H9N3O3/c18-12(19)6-5-11-16-17-14(20-11)13-10-4-2-1-3-9(10)7-8-15-13/h1-8H,(H,18,19)/b6-5+. The van der Waals surface area contributed by atoms with Crippen LogP contribution in [0.15, 0.2) is 47.0 Å². The maximum atomic E-state index is 10.4. The van der Waals surface area contributed by atoms with Crippen LogP contribution in [0, 0.1) is 0 Å². The third kappa shape index (κ3) is 2.26. The van der Waals surface area contributed by atoms with E-state index >= 15 is 0 Å². The number of aromatic nitrogens is 3. The van der Waals surface area contributed by atoms with Gasteiger partial charge < -0.3 is 9.52 Å². The number of pyridine rings is 1. The summed E-state index contributed by atoms with van der Waals surface area (Å²) in [5.74, 6) is -0.697. The summed E-state index contributed by atoms with van der Waals surface area (Å²) in [6.07, 6.45) is 3.84. The molecule has 0 saturated heterocycles. The van der Waals surface area contributed by atoms with Crippen LogP contribution in [-0.4, -0.2) is 26.3 Å². The molecule has 2 aromatic heterocycles. The number of carbonyl (C=O) groups is 1. The first-order valence-electron chi connectivity index (χ1n) is 5.83. The molecule has 0 aliphatic heterocycles. The molecule has 6 nitrogen and oxygen atoms in total. The predicted molar refractivity (Wildman–Crippen MR) is 71.7 cm³/mol. The zero-order chi connectivity index (χ0) is 13.9. The molecule has 0 aliphatic carbocycles. The summed E-state index contributed by atoms with van der Waals surface area (Å²) in [5.41, 5.74) is 0.575. The van der Waals surface area contributed by atoms with Crippen molar-refractivity contribution in [3.8, 4) is 11.6 Å². The molecule has 0 atom stereocenters. The van der Waals surface area contributed by atoms with Crippen LogP contribution in [0.4, 0.5) is 0 Å². The van der Waals surface area contributed by atoms with E-state index in [1.165, 1.54) is 6.08 Å². The van der Waals surface area contributed by atoms with Crippen molar-refractivity contribution in [2.24, 2.45) is 0 Å². The Bertz CT molecular complexity index is 803. The third-order valence-corrected chi connectivity index (χ3v) is 2.69. The largest absolute Gasteiger partial charge is 0.478 e. The summed E-state index contributed by atoms with van der Waals surface area (Å²) in [5, 5.41) is 18.1. The normalized spacial score (nSPS) is 11.2. The minimum Gasteiger partial charge on any atom is -0.478 e. The Morgan fingerprint density at radius 1 is 1.20 bits per heavy atom. The smallest absolute Gasteiger partial charge is 0.328 e. The number of fused-ring (bicyclic) bond motifs is 1. The van der Waals surface area contributed by atoms with Crippen LogP contribution in [-0.2, 0) is 4.79 Å². The summed E-state index contributed by atoms with van der Waals surface area (Å²) < 4.78 is 5.39. The SMILES string of the molecule is O=C(O)/C=C/c1nnc(-c2nccc3ccccc23)o1. The maximum Gasteiger partial charge on any atom is 0.328 e. The summed E-state index contributed by atoms with van der Waals surface area (Å²) in [6.45, 7) is 0. The Hall–Kier alpha value is -3.02. The van der Waals surface area contributed by atoms with Gasteiger partial charge in [-0.1, -0.05) is 24.3 Å². The van der Waals surface area contributed by atoms with Crippen molar-refractivity contribution in [3.63, 3.8) is 0 Å². The lowest BCUT2D eigenvalue weighted by atomic mass is 10.1. The van der Waals surface area contributed by atoms with Crippen LogP contribution in [0.25, 0.3) is 28.4 Å². The van der Waals surface area contributed by atoms with Gasteiger partial charge in [-0.05, 0) is 11.5 Å². The Morgan fingerprint density at radius 2 is 2.05 bits per heavy atom. The lowest BCUT2D eigenvalue weighted by molar-refractivity contribution is -0.131. The first-order valence-corrected chi connectivity index (χ1v) is 5.83. The average Bonchev–Trinajstić information content (AvgIpc) is 2.93. The zero-order valence-corrected chi connectivity index (χ0v) is 10.2. The number of hydrogen-bond donors (Lipinski definition) is 1. The van der Waals surface area contributed by atoms with Crippen LogP contribution in [0.1, 0.15) is 5.89 Å². The van der Waals surface area contributed by atoms with Crippen LogP contribution >= 0.6 is 0 Å². The molecule has 0 amide bonds. The van der Waals surface area contributed by atoms with Crippen LogP contribution in [0.2, 0.25) is 0 Å². The van der Waals surface area contributed by atoms with Crippen molar-refractivity contribution < 1.29 is 14.3 Å². The number of rotatable bonds is 3. The number of carboxylic acids is 1. The van der Waals surface area contributed by atoms with Gasteiger partial charge >= 0.3 is 5.97 Å². The van der Waals surface area contributed by atoms with Crippen molar-refractivity contribution in [2.45, 2.75) is 0 Å². The molecule has 0 fully saturated rings. The first kappa shape index (κ1) is 12.0. The summed E-state index contributed by atoms with van der Waals surface area (Å²) in [4.78, 5) is 14.7. The molecule has 1 N–H and O–H groups in total. The second-order valence-electron chi connectivity index (χ2n) is 4.00. The number of nitrogens with zero attached hydrogens (tertiary/aromatic N) is 3. The van der Waals surface area contributed by atoms with Gasteiger partial charge in [0.1, 0.15) is 5.69 Å². The van der Waals surface area contributed by atoms with E-state index in [0.717, 1.165) is 16.8 Å². The summed E-state index contributed by atoms with van der Waals surface area (Å²) >= 11 is 0. The molecular weight excluding hydrogens is 258 g/mol. The lowest BCUT2D eigenvalue weighted by Crippen LogP contribution is -1.85. The van der Waals surface area contributed by atoms with E-state index in [4.69, 9.17) is 9.52 Å². The molecular formula is C14H9N3O3. The average molecular weight is 267 g/mol.